The second-order valence-corrected chi connectivity index (χ2v) is 8.18. The topological polar surface area (TPSA) is 73.7 Å². The molecule has 2 aromatic carbocycles. The van der Waals surface area contributed by atoms with E-state index < -0.39 is 17.7 Å². The SMILES string of the molecule is Cc1ccc(C)c(/C(O)=C2\C(=O)C(=O)N(c3ccc(N(C)C)cc3)C2c2cccnc2)c1. The van der Waals surface area contributed by atoms with Crippen LogP contribution in [0.25, 0.3) is 5.76 Å². The highest BCUT2D eigenvalue weighted by atomic mass is 16.3. The molecule has 1 fully saturated rings. The number of aliphatic hydroxyl groups excluding tert-OH is 1. The first-order chi connectivity index (χ1) is 15.3. The Hall–Kier alpha value is -3.93. The third kappa shape index (κ3) is 3.64. The van der Waals surface area contributed by atoms with Crippen molar-refractivity contribution >= 4 is 28.8 Å². The maximum absolute atomic E-state index is 13.2. The van der Waals surface area contributed by atoms with E-state index >= 15 is 0 Å². The zero-order valence-electron chi connectivity index (χ0n) is 18.5. The van der Waals surface area contributed by atoms with Gasteiger partial charge in [0.2, 0.25) is 0 Å². The molecule has 0 saturated carbocycles. The van der Waals surface area contributed by atoms with Crippen LogP contribution in [0.15, 0.2) is 72.6 Å². The fourth-order valence-corrected chi connectivity index (χ4v) is 4.00. The van der Waals surface area contributed by atoms with Crippen molar-refractivity contribution in [1.29, 1.82) is 0 Å². The molecule has 1 unspecified atom stereocenters. The highest BCUT2D eigenvalue weighted by Crippen LogP contribution is 2.42. The molecule has 4 rings (SSSR count). The van der Waals surface area contributed by atoms with E-state index in [0.717, 1.165) is 16.8 Å². The molecule has 0 aliphatic carbocycles. The number of pyridine rings is 1. The molecule has 1 N–H and O–H groups in total. The largest absolute Gasteiger partial charge is 0.507 e. The van der Waals surface area contributed by atoms with Crippen molar-refractivity contribution < 1.29 is 14.7 Å². The number of aromatic nitrogens is 1. The summed E-state index contributed by atoms with van der Waals surface area (Å²) in [6, 6.07) is 15.8. The van der Waals surface area contributed by atoms with Gasteiger partial charge in [-0.3, -0.25) is 19.5 Å². The molecule has 1 amide bonds. The standard InChI is InChI=1S/C26H25N3O3/c1-16-7-8-17(2)21(14-16)24(30)22-23(18-6-5-13-27-15-18)29(26(32)25(22)31)20-11-9-19(10-12-20)28(3)4/h5-15,23,30H,1-4H3/b24-22+. The molecule has 162 valence electrons. The quantitative estimate of drug-likeness (QED) is 0.380. The number of rotatable bonds is 4. The van der Waals surface area contributed by atoms with Gasteiger partial charge in [0.25, 0.3) is 11.7 Å². The van der Waals surface area contributed by atoms with Crippen molar-refractivity contribution in [3.8, 4) is 0 Å². The minimum atomic E-state index is -0.784. The van der Waals surface area contributed by atoms with E-state index in [4.69, 9.17) is 0 Å². The van der Waals surface area contributed by atoms with Gasteiger partial charge in [-0.05, 0) is 61.4 Å². The molecule has 6 heteroatoms. The summed E-state index contributed by atoms with van der Waals surface area (Å²) in [6.07, 6.45) is 3.25. The van der Waals surface area contributed by atoms with Gasteiger partial charge in [0.05, 0.1) is 11.6 Å². The summed E-state index contributed by atoms with van der Waals surface area (Å²) in [7, 11) is 3.86. The lowest BCUT2D eigenvalue weighted by atomic mass is 9.94. The molecule has 0 radical (unpaired) electrons. The molecule has 0 bridgehead atoms. The van der Waals surface area contributed by atoms with Gasteiger partial charge < -0.3 is 10.0 Å². The molecule has 1 aliphatic rings. The summed E-state index contributed by atoms with van der Waals surface area (Å²) in [4.78, 5) is 34.0. The summed E-state index contributed by atoms with van der Waals surface area (Å²) in [5.41, 5.74) is 4.57. The summed E-state index contributed by atoms with van der Waals surface area (Å²) in [5.74, 6) is -1.57. The maximum atomic E-state index is 13.2. The van der Waals surface area contributed by atoms with Crippen LogP contribution in [0.4, 0.5) is 11.4 Å². The minimum absolute atomic E-state index is 0.0633. The number of ketones is 1. The van der Waals surface area contributed by atoms with Crippen LogP contribution in [-0.2, 0) is 9.59 Å². The number of nitrogens with zero attached hydrogens (tertiary/aromatic N) is 3. The van der Waals surface area contributed by atoms with Crippen LogP contribution in [-0.4, -0.2) is 35.9 Å². The van der Waals surface area contributed by atoms with E-state index in [2.05, 4.69) is 4.98 Å². The van der Waals surface area contributed by atoms with Gasteiger partial charge >= 0.3 is 0 Å². The van der Waals surface area contributed by atoms with Crippen molar-refractivity contribution in [2.45, 2.75) is 19.9 Å². The maximum Gasteiger partial charge on any atom is 0.300 e. The molecule has 1 aromatic heterocycles. The van der Waals surface area contributed by atoms with Crippen LogP contribution in [0.2, 0.25) is 0 Å². The van der Waals surface area contributed by atoms with Crippen LogP contribution < -0.4 is 9.80 Å². The highest BCUT2D eigenvalue weighted by molar-refractivity contribution is 6.51. The van der Waals surface area contributed by atoms with Crippen molar-refractivity contribution in [2.75, 3.05) is 23.9 Å². The Morgan fingerprint density at radius 2 is 1.75 bits per heavy atom. The average Bonchev–Trinajstić information content (AvgIpc) is 3.06. The van der Waals surface area contributed by atoms with Gasteiger partial charge in [-0.2, -0.15) is 0 Å². The second-order valence-electron chi connectivity index (χ2n) is 8.18. The highest BCUT2D eigenvalue weighted by Gasteiger charge is 2.47. The van der Waals surface area contributed by atoms with Gasteiger partial charge in [-0.15, -0.1) is 0 Å². The predicted molar refractivity (Wildman–Crippen MR) is 126 cm³/mol. The van der Waals surface area contributed by atoms with E-state index in [9.17, 15) is 14.7 Å². The van der Waals surface area contributed by atoms with Crippen LogP contribution in [0.3, 0.4) is 0 Å². The summed E-state index contributed by atoms with van der Waals surface area (Å²) < 4.78 is 0. The Labute approximate surface area is 187 Å². The number of carbonyl (C=O) groups excluding carboxylic acids is 2. The first-order valence-electron chi connectivity index (χ1n) is 10.4. The van der Waals surface area contributed by atoms with Gasteiger partial charge in [-0.25, -0.2) is 0 Å². The first-order valence-corrected chi connectivity index (χ1v) is 10.4. The Morgan fingerprint density at radius 3 is 2.38 bits per heavy atom. The number of benzene rings is 2. The van der Waals surface area contributed by atoms with Crippen molar-refractivity contribution in [3.63, 3.8) is 0 Å². The lowest BCUT2D eigenvalue weighted by Gasteiger charge is -2.26. The monoisotopic (exact) mass is 427 g/mol. The number of anilines is 2. The number of hydrogen-bond acceptors (Lipinski definition) is 5. The van der Waals surface area contributed by atoms with Gasteiger partial charge in [-0.1, -0.05) is 23.8 Å². The van der Waals surface area contributed by atoms with E-state index in [1.54, 1.807) is 24.5 Å². The number of aryl methyl sites for hydroxylation is 2. The molecule has 1 saturated heterocycles. The van der Waals surface area contributed by atoms with Gasteiger partial charge in [0.15, 0.2) is 0 Å². The molecule has 0 spiro atoms. The Kier molecular flexibility index (Phi) is 5.53. The second kappa shape index (κ2) is 8.30. The van der Waals surface area contributed by atoms with Crippen molar-refractivity contribution in [3.05, 3.63) is 94.8 Å². The molecule has 6 nitrogen and oxygen atoms in total. The van der Waals surface area contributed by atoms with E-state index in [1.807, 2.05) is 75.3 Å². The average molecular weight is 428 g/mol. The Morgan fingerprint density at radius 1 is 1.03 bits per heavy atom. The van der Waals surface area contributed by atoms with Crippen molar-refractivity contribution in [1.82, 2.24) is 4.98 Å². The first kappa shape index (κ1) is 21.3. The molecular weight excluding hydrogens is 402 g/mol. The molecular formula is C26H25N3O3. The van der Waals surface area contributed by atoms with E-state index in [-0.39, 0.29) is 11.3 Å². The number of aliphatic hydroxyl groups is 1. The summed E-state index contributed by atoms with van der Waals surface area (Å²) >= 11 is 0. The third-order valence-electron chi connectivity index (χ3n) is 5.74. The van der Waals surface area contributed by atoms with Crippen molar-refractivity contribution in [2.24, 2.45) is 0 Å². The zero-order chi connectivity index (χ0) is 23.0. The minimum Gasteiger partial charge on any atom is -0.507 e. The fourth-order valence-electron chi connectivity index (χ4n) is 4.00. The summed E-state index contributed by atoms with van der Waals surface area (Å²) in [6.45, 7) is 3.78. The molecule has 3 aromatic rings. The Balaban J connectivity index is 1.93. The Bertz CT molecular complexity index is 1210. The summed E-state index contributed by atoms with van der Waals surface area (Å²) in [5, 5.41) is 11.3. The molecule has 1 atom stereocenters. The fraction of sp³-hybridized carbons (Fsp3) is 0.192. The lowest BCUT2D eigenvalue weighted by Crippen LogP contribution is -2.29. The van der Waals surface area contributed by atoms with Crippen LogP contribution in [0.5, 0.6) is 0 Å². The van der Waals surface area contributed by atoms with Crippen LogP contribution in [0.1, 0.15) is 28.3 Å². The third-order valence-corrected chi connectivity index (χ3v) is 5.74. The van der Waals surface area contributed by atoms with E-state index in [0.29, 0.717) is 16.8 Å². The molecule has 1 aliphatic heterocycles. The number of amides is 1. The zero-order valence-corrected chi connectivity index (χ0v) is 18.5. The predicted octanol–water partition coefficient (Wildman–Crippen LogP) is 4.39. The lowest BCUT2D eigenvalue weighted by molar-refractivity contribution is -0.132. The van der Waals surface area contributed by atoms with Crippen LogP contribution >= 0.6 is 0 Å². The van der Waals surface area contributed by atoms with Crippen LogP contribution in [0, 0.1) is 13.8 Å². The van der Waals surface area contributed by atoms with Gasteiger partial charge in [0.1, 0.15) is 5.76 Å². The smallest absolute Gasteiger partial charge is 0.300 e. The normalized spacial score (nSPS) is 17.6. The molecule has 2 heterocycles. The van der Waals surface area contributed by atoms with E-state index in [1.165, 1.54) is 4.90 Å². The number of hydrogen-bond donors (Lipinski definition) is 1. The molecule has 32 heavy (non-hydrogen) atoms. The number of Topliss-reactive ketones (excluding diaryl/α,β-unsaturated/α-hetero) is 1. The van der Waals surface area contributed by atoms with Gasteiger partial charge in [0, 0.05) is 43.4 Å². The number of carbonyl (C=O) groups is 2.